The van der Waals surface area contributed by atoms with Crippen LogP contribution in [0.3, 0.4) is 0 Å². The number of hydrogen-bond donors (Lipinski definition) is 1. The fraction of sp³-hybridized carbons (Fsp3) is 0.818. The number of halogens is 1. The van der Waals surface area contributed by atoms with E-state index < -0.39 is 0 Å². The van der Waals surface area contributed by atoms with E-state index >= 15 is 0 Å². The highest BCUT2D eigenvalue weighted by atomic mass is 35.5. The molecule has 0 spiro atoms. The molecule has 0 amide bonds. The average Bonchev–Trinajstić information content (AvgIpc) is 2.96. The number of nitrogens with zero attached hydrogens (tertiary/aromatic N) is 3. The molecule has 4 nitrogen and oxygen atoms in total. The van der Waals surface area contributed by atoms with Gasteiger partial charge in [-0.2, -0.15) is 0 Å². The van der Waals surface area contributed by atoms with Crippen LogP contribution in [0.25, 0.3) is 0 Å². The summed E-state index contributed by atoms with van der Waals surface area (Å²) in [5.41, 5.74) is 1.06. The maximum absolute atomic E-state index is 3.99. The Morgan fingerprint density at radius 2 is 2.12 bits per heavy atom. The summed E-state index contributed by atoms with van der Waals surface area (Å²) in [7, 11) is 0. The Morgan fingerprint density at radius 3 is 2.82 bits per heavy atom. The minimum absolute atomic E-state index is 0. The zero-order chi connectivity index (χ0) is 11.1. The van der Waals surface area contributed by atoms with Gasteiger partial charge in [0, 0.05) is 11.9 Å². The highest BCUT2D eigenvalue weighted by molar-refractivity contribution is 7.03. The van der Waals surface area contributed by atoms with Gasteiger partial charge in [0.1, 0.15) is 0 Å². The van der Waals surface area contributed by atoms with Crippen molar-refractivity contribution in [2.24, 2.45) is 0 Å². The molecule has 1 aliphatic heterocycles. The van der Waals surface area contributed by atoms with E-state index in [1.54, 1.807) is 0 Å². The summed E-state index contributed by atoms with van der Waals surface area (Å²) in [5.74, 6) is 0. The zero-order valence-corrected chi connectivity index (χ0v) is 11.7. The van der Waals surface area contributed by atoms with Crippen molar-refractivity contribution in [2.45, 2.75) is 32.2 Å². The van der Waals surface area contributed by atoms with Crippen molar-refractivity contribution in [3.05, 3.63) is 11.1 Å². The molecule has 1 fully saturated rings. The van der Waals surface area contributed by atoms with Crippen LogP contribution in [0.1, 0.15) is 31.4 Å². The Labute approximate surface area is 113 Å². The fourth-order valence-electron chi connectivity index (χ4n) is 2.07. The van der Waals surface area contributed by atoms with E-state index in [-0.39, 0.29) is 12.4 Å². The van der Waals surface area contributed by atoms with Crippen molar-refractivity contribution in [1.82, 2.24) is 19.8 Å². The first kappa shape index (κ1) is 14.8. The average molecular weight is 277 g/mol. The summed E-state index contributed by atoms with van der Waals surface area (Å²) >= 11 is 1.42. The van der Waals surface area contributed by atoms with Crippen LogP contribution >= 0.6 is 23.9 Å². The second kappa shape index (κ2) is 8.80. The molecule has 1 N–H and O–H groups in total. The van der Waals surface area contributed by atoms with Crippen molar-refractivity contribution in [3.63, 3.8) is 0 Å². The third-order valence-electron chi connectivity index (χ3n) is 2.99. The molecule has 1 aromatic heterocycles. The lowest BCUT2D eigenvalue weighted by atomic mass is 10.3. The monoisotopic (exact) mass is 276 g/mol. The molecular weight excluding hydrogens is 256 g/mol. The predicted octanol–water partition coefficient (Wildman–Crippen LogP) is 1.93. The van der Waals surface area contributed by atoms with Crippen LogP contribution in [0.5, 0.6) is 0 Å². The Balaban J connectivity index is 0.00000144. The van der Waals surface area contributed by atoms with Crippen LogP contribution in [0.4, 0.5) is 0 Å². The molecule has 0 radical (unpaired) electrons. The zero-order valence-electron chi connectivity index (χ0n) is 10.1. The second-order valence-corrected chi connectivity index (χ2v) is 4.94. The van der Waals surface area contributed by atoms with E-state index in [2.05, 4.69) is 19.8 Å². The molecule has 6 heteroatoms. The van der Waals surface area contributed by atoms with E-state index in [0.717, 1.165) is 18.8 Å². The largest absolute Gasteiger partial charge is 0.311 e. The Morgan fingerprint density at radius 1 is 1.29 bits per heavy atom. The van der Waals surface area contributed by atoms with Crippen LogP contribution in [0.2, 0.25) is 0 Å². The highest BCUT2D eigenvalue weighted by Crippen LogP contribution is 2.07. The molecule has 1 saturated heterocycles. The number of likely N-dealkylation sites (tertiary alicyclic amines) is 1. The predicted molar refractivity (Wildman–Crippen MR) is 73.8 cm³/mol. The molecule has 0 aliphatic carbocycles. The van der Waals surface area contributed by atoms with Gasteiger partial charge in [-0.15, -0.1) is 17.5 Å². The van der Waals surface area contributed by atoms with Crippen LogP contribution in [-0.4, -0.2) is 40.7 Å². The SMILES string of the molecule is Cl.c1snnc1CNCCCCN1CCCC1. The molecule has 0 bridgehead atoms. The smallest absolute Gasteiger partial charge is 0.0893 e. The van der Waals surface area contributed by atoms with E-state index in [0.29, 0.717) is 0 Å². The van der Waals surface area contributed by atoms with Crippen molar-refractivity contribution in [3.8, 4) is 0 Å². The second-order valence-electron chi connectivity index (χ2n) is 4.33. The molecule has 0 atom stereocenters. The van der Waals surface area contributed by atoms with Gasteiger partial charge in [0.15, 0.2) is 0 Å². The molecule has 98 valence electrons. The first-order chi connectivity index (χ1) is 7.95. The normalized spacial score (nSPS) is 16.0. The first-order valence-corrected chi connectivity index (χ1v) is 6.98. The molecule has 2 rings (SSSR count). The maximum Gasteiger partial charge on any atom is 0.0893 e. The van der Waals surface area contributed by atoms with Gasteiger partial charge in [0.05, 0.1) is 5.69 Å². The van der Waals surface area contributed by atoms with Gasteiger partial charge in [0.25, 0.3) is 0 Å². The number of nitrogens with one attached hydrogen (secondary N) is 1. The topological polar surface area (TPSA) is 41.1 Å². The molecule has 0 unspecified atom stereocenters. The molecular formula is C11H21ClN4S. The van der Waals surface area contributed by atoms with Crippen LogP contribution < -0.4 is 5.32 Å². The molecule has 1 aliphatic rings. The molecule has 17 heavy (non-hydrogen) atoms. The first-order valence-electron chi connectivity index (χ1n) is 6.14. The number of aromatic nitrogens is 2. The van der Waals surface area contributed by atoms with Crippen LogP contribution in [0.15, 0.2) is 5.38 Å². The third-order valence-corrected chi connectivity index (χ3v) is 3.54. The van der Waals surface area contributed by atoms with Gasteiger partial charge in [-0.1, -0.05) is 4.49 Å². The van der Waals surface area contributed by atoms with Gasteiger partial charge < -0.3 is 10.2 Å². The van der Waals surface area contributed by atoms with Gasteiger partial charge >= 0.3 is 0 Å². The van der Waals surface area contributed by atoms with E-state index in [1.165, 1.54) is 56.9 Å². The summed E-state index contributed by atoms with van der Waals surface area (Å²) in [4.78, 5) is 2.57. The minimum atomic E-state index is 0. The lowest BCUT2D eigenvalue weighted by Gasteiger charge is -2.13. The van der Waals surface area contributed by atoms with Crippen molar-refractivity contribution >= 4 is 23.9 Å². The fourth-order valence-corrected chi connectivity index (χ4v) is 2.52. The number of unbranched alkanes of at least 4 members (excludes halogenated alkanes) is 1. The Bertz CT molecular complexity index is 275. The summed E-state index contributed by atoms with van der Waals surface area (Å²) in [6.45, 7) is 5.86. The van der Waals surface area contributed by atoms with Crippen molar-refractivity contribution < 1.29 is 0 Å². The van der Waals surface area contributed by atoms with E-state index in [4.69, 9.17) is 0 Å². The summed E-state index contributed by atoms with van der Waals surface area (Å²) in [5, 5.41) is 9.39. The summed E-state index contributed by atoms with van der Waals surface area (Å²) in [6.07, 6.45) is 5.36. The third kappa shape index (κ3) is 5.77. The quantitative estimate of drug-likeness (QED) is 0.773. The van der Waals surface area contributed by atoms with Crippen molar-refractivity contribution in [1.29, 1.82) is 0 Å². The highest BCUT2D eigenvalue weighted by Gasteiger charge is 2.09. The van der Waals surface area contributed by atoms with Gasteiger partial charge in [-0.3, -0.25) is 0 Å². The molecule has 0 aromatic carbocycles. The van der Waals surface area contributed by atoms with Gasteiger partial charge in [-0.25, -0.2) is 0 Å². The van der Waals surface area contributed by atoms with Crippen LogP contribution in [0, 0.1) is 0 Å². The number of rotatable bonds is 7. The standard InChI is InChI=1S/C11H20N4S.ClH/c1(2-6-15-7-3-4-8-15)5-12-9-11-10-16-14-13-11;/h10,12H,1-9H2;1H. The van der Waals surface area contributed by atoms with Gasteiger partial charge in [-0.05, 0) is 63.4 Å². The van der Waals surface area contributed by atoms with E-state index in [9.17, 15) is 0 Å². The van der Waals surface area contributed by atoms with Crippen molar-refractivity contribution in [2.75, 3.05) is 26.2 Å². The van der Waals surface area contributed by atoms with Crippen LogP contribution in [-0.2, 0) is 6.54 Å². The molecule has 0 saturated carbocycles. The lowest BCUT2D eigenvalue weighted by molar-refractivity contribution is 0.329. The summed E-state index contributed by atoms with van der Waals surface area (Å²) < 4.78 is 3.83. The van der Waals surface area contributed by atoms with E-state index in [1.807, 2.05) is 5.38 Å². The minimum Gasteiger partial charge on any atom is -0.311 e. The summed E-state index contributed by atoms with van der Waals surface area (Å²) in [6, 6.07) is 0. The Hall–Kier alpha value is -0.230. The molecule has 1 aromatic rings. The number of hydrogen-bond acceptors (Lipinski definition) is 5. The lowest BCUT2D eigenvalue weighted by Crippen LogP contribution is -2.22. The molecule has 2 heterocycles. The van der Waals surface area contributed by atoms with Gasteiger partial charge in [0.2, 0.25) is 0 Å². The Kier molecular flexibility index (Phi) is 7.68. The maximum atomic E-state index is 3.99.